The minimum absolute atomic E-state index is 0.0662. The minimum Gasteiger partial charge on any atom is -0.350 e. The molecule has 0 fully saturated rings. The van der Waals surface area contributed by atoms with Crippen LogP contribution in [0.25, 0.3) is 22.2 Å². The summed E-state index contributed by atoms with van der Waals surface area (Å²) >= 11 is 0. The highest BCUT2D eigenvalue weighted by atomic mass is 19.1. The Balaban J connectivity index is 1.56. The fraction of sp³-hybridized carbons (Fsp3) is 0.136. The zero-order chi connectivity index (χ0) is 19.5. The Kier molecular flexibility index (Phi) is 4.85. The summed E-state index contributed by atoms with van der Waals surface area (Å²) < 4.78 is 14.6. The number of nitrogens with one attached hydrogen (secondary N) is 1. The molecule has 0 spiro atoms. The van der Waals surface area contributed by atoms with Crippen LogP contribution in [-0.4, -0.2) is 20.7 Å². The van der Waals surface area contributed by atoms with Gasteiger partial charge in [0.1, 0.15) is 12.4 Å². The molecule has 140 valence electrons. The van der Waals surface area contributed by atoms with Gasteiger partial charge >= 0.3 is 0 Å². The molecule has 0 aliphatic heterocycles. The molecule has 1 N–H and O–H groups in total. The van der Waals surface area contributed by atoms with Crippen LogP contribution in [0.5, 0.6) is 0 Å². The average molecular weight is 374 g/mol. The summed E-state index contributed by atoms with van der Waals surface area (Å²) in [5, 5.41) is 8.31. The molecule has 2 aromatic heterocycles. The van der Waals surface area contributed by atoms with E-state index in [9.17, 15) is 9.18 Å². The number of amides is 1. The summed E-state index contributed by atoms with van der Waals surface area (Å²) in [6.45, 7) is 2.32. The molecule has 4 rings (SSSR count). The fourth-order valence-electron chi connectivity index (χ4n) is 3.24. The van der Waals surface area contributed by atoms with E-state index in [0.29, 0.717) is 12.2 Å². The molecule has 0 atom stereocenters. The molecule has 0 saturated carbocycles. The molecule has 2 aromatic carbocycles. The normalized spacial score (nSPS) is 10.9. The van der Waals surface area contributed by atoms with Gasteiger partial charge in [0.25, 0.3) is 0 Å². The predicted octanol–water partition coefficient (Wildman–Crippen LogP) is 3.86. The number of aryl methyl sites for hydroxylation is 1. The van der Waals surface area contributed by atoms with Gasteiger partial charge in [-0.25, -0.2) is 14.1 Å². The lowest BCUT2D eigenvalue weighted by Gasteiger charge is -2.07. The van der Waals surface area contributed by atoms with Gasteiger partial charge < -0.3 is 5.32 Å². The molecular formula is C22H19FN4O. The molecule has 0 bridgehead atoms. The van der Waals surface area contributed by atoms with Gasteiger partial charge in [-0.3, -0.25) is 4.79 Å². The van der Waals surface area contributed by atoms with Crippen molar-refractivity contribution < 1.29 is 9.18 Å². The molecule has 6 heteroatoms. The molecule has 5 nitrogen and oxygen atoms in total. The van der Waals surface area contributed by atoms with Crippen LogP contribution in [0.4, 0.5) is 4.39 Å². The Morgan fingerprint density at radius 1 is 1.07 bits per heavy atom. The van der Waals surface area contributed by atoms with Crippen molar-refractivity contribution in [1.82, 2.24) is 20.1 Å². The maximum absolute atomic E-state index is 13.0. The van der Waals surface area contributed by atoms with Crippen LogP contribution in [0.3, 0.4) is 0 Å². The molecule has 2 heterocycles. The Morgan fingerprint density at radius 3 is 2.57 bits per heavy atom. The lowest BCUT2D eigenvalue weighted by atomic mass is 10.0. The number of carbonyl (C=O) groups excluding carboxylic acids is 1. The molecule has 4 aromatic rings. The summed E-state index contributed by atoms with van der Waals surface area (Å²) in [6, 6.07) is 18.1. The summed E-state index contributed by atoms with van der Waals surface area (Å²) in [6.07, 6.45) is 1.73. The lowest BCUT2D eigenvalue weighted by Crippen LogP contribution is -2.27. The SMILES string of the molecule is Cc1nn(CC(=O)NCc2ccc(F)cc2)c2nccc(-c3ccccc3)c12. The lowest BCUT2D eigenvalue weighted by molar-refractivity contribution is -0.121. The van der Waals surface area contributed by atoms with Crippen molar-refractivity contribution >= 4 is 16.9 Å². The molecule has 28 heavy (non-hydrogen) atoms. The first-order valence-electron chi connectivity index (χ1n) is 9.00. The third-order valence-electron chi connectivity index (χ3n) is 4.59. The number of benzene rings is 2. The van der Waals surface area contributed by atoms with E-state index in [4.69, 9.17) is 0 Å². The summed E-state index contributed by atoms with van der Waals surface area (Å²) in [4.78, 5) is 16.8. The zero-order valence-corrected chi connectivity index (χ0v) is 15.4. The van der Waals surface area contributed by atoms with Crippen molar-refractivity contribution in [3.8, 4) is 11.1 Å². The first-order valence-corrected chi connectivity index (χ1v) is 9.00. The standard InChI is InChI=1S/C22H19FN4O/c1-15-21-19(17-5-3-2-4-6-17)11-12-24-22(21)27(26-15)14-20(28)25-13-16-7-9-18(23)10-8-16/h2-12H,13-14H2,1H3,(H,25,28). The van der Waals surface area contributed by atoms with Gasteiger partial charge in [0, 0.05) is 18.1 Å². The number of halogens is 1. The second kappa shape index (κ2) is 7.60. The minimum atomic E-state index is -0.297. The van der Waals surface area contributed by atoms with E-state index in [1.807, 2.05) is 43.3 Å². The van der Waals surface area contributed by atoms with Gasteiger partial charge in [-0.05, 0) is 41.8 Å². The van der Waals surface area contributed by atoms with Crippen LogP contribution in [0.2, 0.25) is 0 Å². The smallest absolute Gasteiger partial charge is 0.242 e. The molecule has 1 amide bonds. The molecule has 0 saturated heterocycles. The van der Waals surface area contributed by atoms with Crippen molar-refractivity contribution in [2.24, 2.45) is 0 Å². The largest absolute Gasteiger partial charge is 0.350 e. The fourth-order valence-corrected chi connectivity index (χ4v) is 3.24. The van der Waals surface area contributed by atoms with E-state index >= 15 is 0 Å². The number of nitrogens with zero attached hydrogens (tertiary/aromatic N) is 3. The number of hydrogen-bond donors (Lipinski definition) is 1. The van der Waals surface area contributed by atoms with Crippen LogP contribution in [-0.2, 0) is 17.9 Å². The Bertz CT molecular complexity index is 1120. The zero-order valence-electron chi connectivity index (χ0n) is 15.4. The second-order valence-corrected chi connectivity index (χ2v) is 6.57. The van der Waals surface area contributed by atoms with E-state index < -0.39 is 0 Å². The van der Waals surface area contributed by atoms with Crippen LogP contribution in [0.15, 0.2) is 66.9 Å². The van der Waals surface area contributed by atoms with Gasteiger partial charge in [0.05, 0.1) is 5.69 Å². The molecule has 0 aliphatic rings. The first-order chi connectivity index (χ1) is 13.6. The van der Waals surface area contributed by atoms with E-state index in [1.165, 1.54) is 12.1 Å². The number of hydrogen-bond acceptors (Lipinski definition) is 3. The van der Waals surface area contributed by atoms with Crippen molar-refractivity contribution in [3.05, 3.63) is 83.9 Å². The van der Waals surface area contributed by atoms with Crippen LogP contribution in [0.1, 0.15) is 11.3 Å². The highest BCUT2D eigenvalue weighted by Gasteiger charge is 2.15. The summed E-state index contributed by atoms with van der Waals surface area (Å²) in [5.41, 5.74) is 4.46. The average Bonchev–Trinajstić information content (AvgIpc) is 3.04. The van der Waals surface area contributed by atoms with E-state index in [0.717, 1.165) is 27.8 Å². The maximum Gasteiger partial charge on any atom is 0.242 e. The van der Waals surface area contributed by atoms with Gasteiger partial charge in [0.15, 0.2) is 5.65 Å². The number of carbonyl (C=O) groups is 1. The van der Waals surface area contributed by atoms with Crippen LogP contribution in [0, 0.1) is 12.7 Å². The van der Waals surface area contributed by atoms with Crippen molar-refractivity contribution in [2.75, 3.05) is 0 Å². The third kappa shape index (κ3) is 3.62. The Hall–Kier alpha value is -3.54. The van der Waals surface area contributed by atoms with Crippen molar-refractivity contribution in [3.63, 3.8) is 0 Å². The van der Waals surface area contributed by atoms with Crippen LogP contribution >= 0.6 is 0 Å². The number of fused-ring (bicyclic) bond motifs is 1. The number of aromatic nitrogens is 3. The molecule has 0 radical (unpaired) electrons. The van der Waals surface area contributed by atoms with Gasteiger partial charge in [-0.1, -0.05) is 42.5 Å². The molecular weight excluding hydrogens is 355 g/mol. The summed E-state index contributed by atoms with van der Waals surface area (Å²) in [7, 11) is 0. The molecule has 0 unspecified atom stereocenters. The van der Waals surface area contributed by atoms with Gasteiger partial charge in [0.2, 0.25) is 5.91 Å². The first kappa shape index (κ1) is 17.9. The number of pyridine rings is 1. The van der Waals surface area contributed by atoms with Crippen molar-refractivity contribution in [1.29, 1.82) is 0 Å². The second-order valence-electron chi connectivity index (χ2n) is 6.57. The third-order valence-corrected chi connectivity index (χ3v) is 4.59. The van der Waals surface area contributed by atoms with E-state index in [1.54, 1.807) is 23.0 Å². The monoisotopic (exact) mass is 374 g/mol. The van der Waals surface area contributed by atoms with E-state index in [-0.39, 0.29) is 18.3 Å². The summed E-state index contributed by atoms with van der Waals surface area (Å²) in [5.74, 6) is -0.477. The number of rotatable bonds is 5. The van der Waals surface area contributed by atoms with Gasteiger partial charge in [-0.15, -0.1) is 0 Å². The molecule has 0 aliphatic carbocycles. The predicted molar refractivity (Wildman–Crippen MR) is 106 cm³/mol. The Labute approximate surface area is 161 Å². The van der Waals surface area contributed by atoms with Crippen molar-refractivity contribution in [2.45, 2.75) is 20.0 Å². The quantitative estimate of drug-likeness (QED) is 0.577. The maximum atomic E-state index is 13.0. The highest BCUT2D eigenvalue weighted by Crippen LogP contribution is 2.29. The van der Waals surface area contributed by atoms with E-state index in [2.05, 4.69) is 15.4 Å². The van der Waals surface area contributed by atoms with Gasteiger partial charge in [-0.2, -0.15) is 5.10 Å². The Morgan fingerprint density at radius 2 is 1.82 bits per heavy atom. The highest BCUT2D eigenvalue weighted by molar-refractivity contribution is 5.95. The topological polar surface area (TPSA) is 59.8 Å². The van der Waals surface area contributed by atoms with Crippen LogP contribution < -0.4 is 5.32 Å².